The molecule has 0 aliphatic carbocycles. The maximum absolute atomic E-state index is 12.6. The molecule has 0 bridgehead atoms. The van der Waals surface area contributed by atoms with Crippen LogP contribution in [0.2, 0.25) is 0 Å². The monoisotopic (exact) mass is 460 g/mol. The lowest BCUT2D eigenvalue weighted by atomic mass is 10.1. The van der Waals surface area contributed by atoms with Crippen LogP contribution >= 0.6 is 12.2 Å². The van der Waals surface area contributed by atoms with Crippen molar-refractivity contribution < 1.29 is 14.3 Å². The lowest BCUT2D eigenvalue weighted by molar-refractivity contribution is 0.102. The number of carbonyl (C=O) groups is 1. The van der Waals surface area contributed by atoms with E-state index in [1.54, 1.807) is 48.5 Å². The fourth-order valence-corrected chi connectivity index (χ4v) is 3.45. The van der Waals surface area contributed by atoms with Gasteiger partial charge in [-0.25, -0.2) is 0 Å². The molecule has 33 heavy (non-hydrogen) atoms. The summed E-state index contributed by atoms with van der Waals surface area (Å²) in [5.74, 6) is 0.671. The quantitative estimate of drug-likeness (QED) is 0.433. The molecule has 3 aromatic rings. The number of hydrogen-bond acceptors (Lipinski definition) is 5. The van der Waals surface area contributed by atoms with Crippen LogP contribution in [0.1, 0.15) is 34.5 Å². The Balaban J connectivity index is 1.74. The topological polar surface area (TPSA) is 95.4 Å². The molecule has 0 spiro atoms. The van der Waals surface area contributed by atoms with Gasteiger partial charge in [0.25, 0.3) is 5.91 Å². The van der Waals surface area contributed by atoms with Crippen LogP contribution in [0.25, 0.3) is 0 Å². The first-order chi connectivity index (χ1) is 15.9. The number of rotatable bonds is 7. The molecule has 3 rings (SSSR count). The molecule has 0 aromatic heterocycles. The molecule has 0 fully saturated rings. The van der Waals surface area contributed by atoms with Crippen LogP contribution in [0.3, 0.4) is 0 Å². The highest BCUT2D eigenvalue weighted by molar-refractivity contribution is 7.80. The van der Waals surface area contributed by atoms with Crippen LogP contribution < -0.4 is 25.4 Å². The first kappa shape index (κ1) is 23.6. The summed E-state index contributed by atoms with van der Waals surface area (Å²) in [4.78, 5) is 12.6. The highest BCUT2D eigenvalue weighted by Gasteiger charge is 2.16. The molecule has 1 unspecified atom stereocenters. The molecule has 0 aliphatic rings. The number of nitriles is 1. The number of ether oxygens (including phenoxy) is 2. The molecule has 7 nitrogen and oxygen atoms in total. The van der Waals surface area contributed by atoms with Crippen molar-refractivity contribution in [3.63, 3.8) is 0 Å². The first-order valence-corrected chi connectivity index (χ1v) is 10.6. The Morgan fingerprint density at radius 1 is 0.939 bits per heavy atom. The lowest BCUT2D eigenvalue weighted by Gasteiger charge is -2.20. The third kappa shape index (κ3) is 5.99. The maximum Gasteiger partial charge on any atom is 0.255 e. The van der Waals surface area contributed by atoms with Crippen molar-refractivity contribution in [3.05, 3.63) is 83.4 Å². The van der Waals surface area contributed by atoms with Crippen molar-refractivity contribution in [2.45, 2.75) is 13.0 Å². The van der Waals surface area contributed by atoms with Crippen LogP contribution in [0.4, 0.5) is 11.4 Å². The van der Waals surface area contributed by atoms with Crippen molar-refractivity contribution in [1.29, 1.82) is 5.26 Å². The van der Waals surface area contributed by atoms with Gasteiger partial charge in [-0.05, 0) is 49.0 Å². The highest BCUT2D eigenvalue weighted by Crippen LogP contribution is 2.36. The minimum atomic E-state index is -0.259. The van der Waals surface area contributed by atoms with E-state index < -0.39 is 0 Å². The molecule has 3 N–H and O–H groups in total. The first-order valence-electron chi connectivity index (χ1n) is 10.1. The van der Waals surface area contributed by atoms with Gasteiger partial charge in [-0.2, -0.15) is 5.26 Å². The Labute approximate surface area is 198 Å². The fourth-order valence-electron chi connectivity index (χ4n) is 3.16. The SMILES string of the molecule is COc1cc(NC(=S)NC(C)c2ccc(C#N)cc2)c(OC)cc1NC(=O)c1ccccc1. The van der Waals surface area contributed by atoms with Crippen LogP contribution in [0.5, 0.6) is 11.5 Å². The molecule has 1 amide bonds. The Bertz CT molecular complexity index is 1170. The number of thiocarbonyl (C=S) groups is 1. The number of benzene rings is 3. The van der Waals surface area contributed by atoms with Gasteiger partial charge in [0.1, 0.15) is 11.5 Å². The molecular weight excluding hydrogens is 436 g/mol. The maximum atomic E-state index is 12.6. The van der Waals surface area contributed by atoms with E-state index in [9.17, 15) is 4.79 Å². The van der Waals surface area contributed by atoms with Gasteiger partial charge >= 0.3 is 0 Å². The molecule has 8 heteroatoms. The largest absolute Gasteiger partial charge is 0.494 e. The number of carbonyl (C=O) groups excluding carboxylic acids is 1. The minimum Gasteiger partial charge on any atom is -0.494 e. The molecule has 1 atom stereocenters. The zero-order valence-corrected chi connectivity index (χ0v) is 19.3. The summed E-state index contributed by atoms with van der Waals surface area (Å²) in [6.07, 6.45) is 0. The molecule has 0 heterocycles. The van der Waals surface area contributed by atoms with E-state index in [2.05, 4.69) is 22.0 Å². The third-order valence-electron chi connectivity index (χ3n) is 4.94. The summed E-state index contributed by atoms with van der Waals surface area (Å²) in [5.41, 5.74) is 3.17. The van der Waals surface area contributed by atoms with E-state index in [1.165, 1.54) is 14.2 Å². The van der Waals surface area contributed by atoms with Gasteiger partial charge in [0.05, 0.1) is 43.3 Å². The number of nitrogens with one attached hydrogen (secondary N) is 3. The zero-order valence-electron chi connectivity index (χ0n) is 18.5. The van der Waals surface area contributed by atoms with Gasteiger partial charge < -0.3 is 25.4 Å². The number of methoxy groups -OCH3 is 2. The van der Waals surface area contributed by atoms with Crippen molar-refractivity contribution in [2.24, 2.45) is 0 Å². The third-order valence-corrected chi connectivity index (χ3v) is 5.16. The van der Waals surface area contributed by atoms with Gasteiger partial charge in [0, 0.05) is 17.7 Å². The Morgan fingerprint density at radius 3 is 2.06 bits per heavy atom. The molecule has 0 aliphatic heterocycles. The summed E-state index contributed by atoms with van der Waals surface area (Å²) in [6, 6.07) is 21.6. The fraction of sp³-hybridized carbons (Fsp3) is 0.160. The highest BCUT2D eigenvalue weighted by atomic mass is 32.1. The molecule has 0 saturated heterocycles. The van der Waals surface area contributed by atoms with Gasteiger partial charge in [-0.15, -0.1) is 0 Å². The van der Waals surface area contributed by atoms with Crippen molar-refractivity contribution >= 4 is 34.6 Å². The summed E-state index contributed by atoms with van der Waals surface area (Å²) in [5, 5.41) is 18.5. The average Bonchev–Trinajstić information content (AvgIpc) is 2.85. The second-order valence-corrected chi connectivity index (χ2v) is 7.54. The van der Waals surface area contributed by atoms with Crippen LogP contribution in [-0.4, -0.2) is 25.2 Å². The van der Waals surface area contributed by atoms with Gasteiger partial charge in [0.15, 0.2) is 5.11 Å². The second-order valence-electron chi connectivity index (χ2n) is 7.13. The Morgan fingerprint density at radius 2 is 1.52 bits per heavy atom. The summed E-state index contributed by atoms with van der Waals surface area (Å²) >= 11 is 5.47. The van der Waals surface area contributed by atoms with E-state index in [0.29, 0.717) is 39.1 Å². The van der Waals surface area contributed by atoms with E-state index in [0.717, 1.165) is 5.56 Å². The predicted octanol–water partition coefficient (Wildman–Crippen LogP) is 4.88. The van der Waals surface area contributed by atoms with Gasteiger partial charge in [0.2, 0.25) is 0 Å². The normalized spacial score (nSPS) is 11.0. The minimum absolute atomic E-state index is 0.0879. The molecule has 3 aromatic carbocycles. The standard InChI is InChI=1S/C25H24N4O3S/c1-16(18-11-9-17(15-26)10-12-18)27-25(33)29-21-14-22(31-2)20(13-23(21)32-3)28-24(30)19-7-5-4-6-8-19/h4-14,16H,1-3H3,(H,28,30)(H2,27,29,33). The van der Waals surface area contributed by atoms with E-state index in [-0.39, 0.29) is 11.9 Å². The Kier molecular flexibility index (Phi) is 7.84. The van der Waals surface area contributed by atoms with Crippen molar-refractivity contribution in [3.8, 4) is 17.6 Å². The average molecular weight is 461 g/mol. The summed E-state index contributed by atoms with van der Waals surface area (Å²) in [7, 11) is 3.05. The van der Waals surface area contributed by atoms with Crippen molar-refractivity contribution in [1.82, 2.24) is 5.32 Å². The lowest BCUT2D eigenvalue weighted by Crippen LogP contribution is -2.31. The molecule has 0 saturated carbocycles. The van der Waals surface area contributed by atoms with Crippen LogP contribution in [0, 0.1) is 11.3 Å². The van der Waals surface area contributed by atoms with E-state index in [4.69, 9.17) is 27.0 Å². The van der Waals surface area contributed by atoms with Crippen LogP contribution in [-0.2, 0) is 0 Å². The van der Waals surface area contributed by atoms with E-state index >= 15 is 0 Å². The summed E-state index contributed by atoms with van der Waals surface area (Å²) < 4.78 is 11.0. The Hall–Kier alpha value is -4.09. The van der Waals surface area contributed by atoms with Gasteiger partial charge in [-0.1, -0.05) is 30.3 Å². The second kappa shape index (κ2) is 11.0. The molecule has 0 radical (unpaired) electrons. The molecular formula is C25H24N4O3S. The number of anilines is 2. The number of amides is 1. The summed E-state index contributed by atoms with van der Waals surface area (Å²) in [6.45, 7) is 1.97. The van der Waals surface area contributed by atoms with E-state index in [1.807, 2.05) is 25.1 Å². The molecule has 168 valence electrons. The smallest absolute Gasteiger partial charge is 0.255 e. The zero-order chi connectivity index (χ0) is 23.8. The number of hydrogen-bond donors (Lipinski definition) is 3. The number of nitrogens with zero attached hydrogens (tertiary/aromatic N) is 1. The van der Waals surface area contributed by atoms with Gasteiger partial charge in [-0.3, -0.25) is 4.79 Å². The van der Waals surface area contributed by atoms with Crippen molar-refractivity contribution in [2.75, 3.05) is 24.9 Å². The predicted molar refractivity (Wildman–Crippen MR) is 133 cm³/mol. The van der Waals surface area contributed by atoms with Crippen LogP contribution in [0.15, 0.2) is 66.7 Å².